The Bertz CT molecular complexity index is 1010. The van der Waals surface area contributed by atoms with Crippen LogP contribution < -0.4 is 20.7 Å². The van der Waals surface area contributed by atoms with Crippen molar-refractivity contribution in [3.8, 4) is 0 Å². The van der Waals surface area contributed by atoms with Crippen LogP contribution in [0.4, 0.5) is 10.5 Å². The SMILES string of the molecule is NS(=O)(=O)CCCC(=O)N[C@H]1CCN(c2c(Cl)cccc2/C=C2\SC(=O)NC2=O)C1. The van der Waals surface area contributed by atoms with Gasteiger partial charge in [0.05, 0.1) is 21.4 Å². The van der Waals surface area contributed by atoms with E-state index in [9.17, 15) is 22.8 Å². The van der Waals surface area contributed by atoms with E-state index in [2.05, 4.69) is 10.6 Å². The van der Waals surface area contributed by atoms with Crippen molar-refractivity contribution >= 4 is 62.2 Å². The zero-order chi connectivity index (χ0) is 21.9. The summed E-state index contributed by atoms with van der Waals surface area (Å²) in [5, 5.41) is 10.2. The first-order valence-corrected chi connectivity index (χ1v) is 12.1. The van der Waals surface area contributed by atoms with Gasteiger partial charge in [0.2, 0.25) is 15.9 Å². The molecular weight excluding hydrogens is 452 g/mol. The number of imide groups is 1. The topological polar surface area (TPSA) is 139 Å². The molecule has 0 saturated carbocycles. The Morgan fingerprint density at radius 2 is 2.17 bits per heavy atom. The molecule has 4 N–H and O–H groups in total. The number of carbonyl (C=O) groups is 3. The fourth-order valence-corrected chi connectivity index (χ4v) is 4.88. The molecule has 12 heteroatoms. The van der Waals surface area contributed by atoms with Crippen LogP contribution in [0.25, 0.3) is 6.08 Å². The first-order chi connectivity index (χ1) is 14.1. The number of nitrogens with zero attached hydrogens (tertiary/aromatic N) is 1. The van der Waals surface area contributed by atoms with E-state index in [0.29, 0.717) is 35.0 Å². The van der Waals surface area contributed by atoms with Crippen LogP contribution in [0.5, 0.6) is 0 Å². The lowest BCUT2D eigenvalue weighted by molar-refractivity contribution is -0.121. The number of nitrogens with one attached hydrogen (secondary N) is 2. The van der Waals surface area contributed by atoms with E-state index in [4.69, 9.17) is 16.7 Å². The fourth-order valence-electron chi connectivity index (χ4n) is 3.36. The van der Waals surface area contributed by atoms with Gasteiger partial charge in [-0.15, -0.1) is 0 Å². The molecule has 1 atom stereocenters. The van der Waals surface area contributed by atoms with Crippen molar-refractivity contribution in [1.82, 2.24) is 10.6 Å². The predicted molar refractivity (Wildman–Crippen MR) is 117 cm³/mol. The van der Waals surface area contributed by atoms with Crippen LogP contribution in [0.2, 0.25) is 5.02 Å². The monoisotopic (exact) mass is 472 g/mol. The average molecular weight is 473 g/mol. The van der Waals surface area contributed by atoms with Gasteiger partial charge in [-0.3, -0.25) is 19.7 Å². The molecule has 2 saturated heterocycles. The highest BCUT2D eigenvalue weighted by Gasteiger charge is 2.29. The zero-order valence-corrected chi connectivity index (χ0v) is 18.3. The number of halogens is 1. The largest absolute Gasteiger partial charge is 0.368 e. The van der Waals surface area contributed by atoms with Gasteiger partial charge in [0, 0.05) is 31.1 Å². The van der Waals surface area contributed by atoms with Crippen molar-refractivity contribution < 1.29 is 22.8 Å². The summed E-state index contributed by atoms with van der Waals surface area (Å²) in [6, 6.07) is 5.20. The van der Waals surface area contributed by atoms with Crippen molar-refractivity contribution in [3.63, 3.8) is 0 Å². The van der Waals surface area contributed by atoms with Gasteiger partial charge in [-0.2, -0.15) is 0 Å². The summed E-state index contributed by atoms with van der Waals surface area (Å²) >= 11 is 7.26. The molecule has 1 aromatic carbocycles. The Labute approximate surface area is 183 Å². The molecule has 0 aliphatic carbocycles. The fraction of sp³-hybridized carbons (Fsp3) is 0.389. The second-order valence-electron chi connectivity index (χ2n) is 7.00. The molecule has 0 bridgehead atoms. The molecule has 2 fully saturated rings. The van der Waals surface area contributed by atoms with Crippen LogP contribution in [-0.2, 0) is 19.6 Å². The minimum atomic E-state index is -3.58. The number of rotatable bonds is 7. The third kappa shape index (κ3) is 5.97. The van der Waals surface area contributed by atoms with Crippen molar-refractivity contribution in [2.75, 3.05) is 23.7 Å². The number of anilines is 1. The number of amides is 3. The minimum absolute atomic E-state index is 0.0801. The van der Waals surface area contributed by atoms with E-state index in [1.165, 1.54) is 0 Å². The number of sulfonamides is 1. The van der Waals surface area contributed by atoms with Crippen LogP contribution in [0.3, 0.4) is 0 Å². The van der Waals surface area contributed by atoms with Crippen LogP contribution >= 0.6 is 23.4 Å². The van der Waals surface area contributed by atoms with Crippen molar-refractivity contribution in [2.45, 2.75) is 25.3 Å². The highest BCUT2D eigenvalue weighted by atomic mass is 35.5. The van der Waals surface area contributed by atoms with Gasteiger partial charge in [-0.1, -0.05) is 23.7 Å². The Kier molecular flexibility index (Phi) is 7.06. The van der Waals surface area contributed by atoms with Gasteiger partial charge in [0.15, 0.2) is 0 Å². The Balaban J connectivity index is 1.66. The minimum Gasteiger partial charge on any atom is -0.368 e. The van der Waals surface area contributed by atoms with E-state index in [0.717, 1.165) is 17.4 Å². The highest BCUT2D eigenvalue weighted by molar-refractivity contribution is 8.18. The van der Waals surface area contributed by atoms with Crippen LogP contribution in [-0.4, -0.2) is 50.4 Å². The van der Waals surface area contributed by atoms with E-state index < -0.39 is 21.2 Å². The molecule has 9 nitrogen and oxygen atoms in total. The van der Waals surface area contributed by atoms with E-state index in [1.54, 1.807) is 18.2 Å². The summed E-state index contributed by atoms with van der Waals surface area (Å²) < 4.78 is 21.9. The second-order valence-corrected chi connectivity index (χ2v) is 10.2. The van der Waals surface area contributed by atoms with E-state index >= 15 is 0 Å². The molecule has 2 aliphatic rings. The lowest BCUT2D eigenvalue weighted by Crippen LogP contribution is -2.37. The Morgan fingerprint density at radius 3 is 2.83 bits per heavy atom. The molecule has 3 amide bonds. The highest BCUT2D eigenvalue weighted by Crippen LogP contribution is 2.36. The maximum absolute atomic E-state index is 12.1. The Morgan fingerprint density at radius 1 is 1.40 bits per heavy atom. The quantitative estimate of drug-likeness (QED) is 0.510. The van der Waals surface area contributed by atoms with Gasteiger partial charge < -0.3 is 10.2 Å². The summed E-state index contributed by atoms with van der Waals surface area (Å²) in [5.41, 5.74) is 1.43. The molecule has 0 spiro atoms. The molecule has 0 unspecified atom stereocenters. The van der Waals surface area contributed by atoms with Gasteiger partial charge in [0.1, 0.15) is 0 Å². The third-order valence-electron chi connectivity index (χ3n) is 4.65. The number of primary sulfonamides is 1. The van der Waals surface area contributed by atoms with Gasteiger partial charge >= 0.3 is 0 Å². The van der Waals surface area contributed by atoms with Gasteiger partial charge in [-0.25, -0.2) is 13.6 Å². The van der Waals surface area contributed by atoms with Crippen molar-refractivity contribution in [2.24, 2.45) is 5.14 Å². The maximum atomic E-state index is 12.1. The predicted octanol–water partition coefficient (Wildman–Crippen LogP) is 1.43. The first kappa shape index (κ1) is 22.6. The number of hydrogen-bond acceptors (Lipinski definition) is 7. The number of hydrogen-bond donors (Lipinski definition) is 3. The summed E-state index contributed by atoms with van der Waals surface area (Å²) in [6.07, 6.45) is 2.57. The number of para-hydroxylation sites is 1. The lowest BCUT2D eigenvalue weighted by atomic mass is 10.1. The second kappa shape index (κ2) is 9.38. The number of thioether (sulfide) groups is 1. The van der Waals surface area contributed by atoms with Crippen LogP contribution in [0.15, 0.2) is 23.1 Å². The summed E-state index contributed by atoms with van der Waals surface area (Å²) in [7, 11) is -3.58. The van der Waals surface area contributed by atoms with Crippen molar-refractivity contribution in [3.05, 3.63) is 33.7 Å². The molecule has 1 aromatic rings. The first-order valence-electron chi connectivity index (χ1n) is 9.20. The van der Waals surface area contributed by atoms with Crippen molar-refractivity contribution in [1.29, 1.82) is 0 Å². The third-order valence-corrected chi connectivity index (χ3v) is 6.62. The van der Waals surface area contributed by atoms with E-state index in [1.807, 2.05) is 11.0 Å². The molecule has 0 aromatic heterocycles. The normalized spacial score (nSPS) is 20.7. The molecule has 2 aliphatic heterocycles. The smallest absolute Gasteiger partial charge is 0.290 e. The standard InChI is InChI=1S/C18H21ClN4O5S2/c19-13-4-1-3-11(9-14-17(25)22-18(26)29-14)16(13)23-7-6-12(10-23)21-15(24)5-2-8-30(20,27)28/h1,3-4,9,12H,2,5-8,10H2,(H,21,24)(H2,20,27,28)(H,22,25,26)/b14-9-/t12-/m0/s1. The van der Waals surface area contributed by atoms with Gasteiger partial charge in [0.25, 0.3) is 11.1 Å². The molecule has 0 radical (unpaired) electrons. The number of benzene rings is 1. The van der Waals surface area contributed by atoms with Crippen LogP contribution in [0, 0.1) is 0 Å². The summed E-state index contributed by atoms with van der Waals surface area (Å²) in [5.74, 6) is -0.908. The number of nitrogens with two attached hydrogens (primary N) is 1. The molecule has 2 heterocycles. The molecule has 30 heavy (non-hydrogen) atoms. The Hall–Kier alpha value is -2.08. The average Bonchev–Trinajstić information content (AvgIpc) is 3.20. The van der Waals surface area contributed by atoms with Crippen LogP contribution in [0.1, 0.15) is 24.8 Å². The molecule has 162 valence electrons. The zero-order valence-electron chi connectivity index (χ0n) is 15.9. The number of carbonyl (C=O) groups excluding carboxylic acids is 3. The van der Waals surface area contributed by atoms with Gasteiger partial charge in [-0.05, 0) is 36.7 Å². The molecule has 3 rings (SSSR count). The summed E-state index contributed by atoms with van der Waals surface area (Å²) in [6.45, 7) is 1.15. The lowest BCUT2D eigenvalue weighted by Gasteiger charge is -2.23. The van der Waals surface area contributed by atoms with E-state index in [-0.39, 0.29) is 30.5 Å². The molecular formula is C18H21ClN4O5S2. The summed E-state index contributed by atoms with van der Waals surface area (Å²) in [4.78, 5) is 37.7. The maximum Gasteiger partial charge on any atom is 0.290 e.